The third-order valence-corrected chi connectivity index (χ3v) is 12.1. The highest BCUT2D eigenvalue weighted by Crippen LogP contribution is 2.44. The molecule has 1 fully saturated rings. The number of piperazine rings is 1. The van der Waals surface area contributed by atoms with Gasteiger partial charge >= 0.3 is 0 Å². The number of H-pyrrole nitrogens is 1. The van der Waals surface area contributed by atoms with E-state index in [2.05, 4.69) is 55.8 Å². The van der Waals surface area contributed by atoms with Crippen molar-refractivity contribution in [3.63, 3.8) is 0 Å². The number of nitro groups is 1. The first kappa shape index (κ1) is 38.6. The molecule has 1 saturated heterocycles. The van der Waals surface area contributed by atoms with Crippen molar-refractivity contribution in [3.8, 4) is 17.2 Å². The van der Waals surface area contributed by atoms with Crippen LogP contribution in [-0.2, 0) is 0 Å². The predicted molar refractivity (Wildman–Crippen MR) is 227 cm³/mol. The fourth-order valence-electron chi connectivity index (χ4n) is 7.83. The number of anilines is 2. The van der Waals surface area contributed by atoms with E-state index in [1.165, 1.54) is 29.2 Å². The number of hydrogen-bond acceptors (Lipinski definition) is 10. The molecule has 3 aliphatic rings. The summed E-state index contributed by atoms with van der Waals surface area (Å²) in [5.74, 6) is 0.842. The monoisotopic (exact) mass is 807 g/mol. The Morgan fingerprint density at radius 3 is 2.68 bits per heavy atom. The van der Waals surface area contributed by atoms with Crippen LogP contribution in [0.1, 0.15) is 62.4 Å². The predicted octanol–water partition coefficient (Wildman–Crippen LogP) is 9.72. The first-order valence-corrected chi connectivity index (χ1v) is 20.6. The number of hydrogen-bond donors (Lipinski definition) is 3. The minimum absolute atomic E-state index is 0.0196. The number of nitrogens with one attached hydrogen (secondary N) is 3. The van der Waals surface area contributed by atoms with Crippen molar-refractivity contribution in [1.29, 1.82) is 0 Å². The van der Waals surface area contributed by atoms with Gasteiger partial charge in [-0.3, -0.25) is 24.5 Å². The molecule has 0 saturated carbocycles. The van der Waals surface area contributed by atoms with Crippen molar-refractivity contribution in [2.75, 3.05) is 49.5 Å². The van der Waals surface area contributed by atoms with Crippen molar-refractivity contribution < 1.29 is 19.2 Å². The quantitative estimate of drug-likeness (QED) is 0.0672. The van der Waals surface area contributed by atoms with Crippen LogP contribution in [0.15, 0.2) is 89.6 Å². The number of aromatic amines is 1. The zero-order chi connectivity index (χ0) is 39.7. The van der Waals surface area contributed by atoms with E-state index in [9.17, 15) is 14.9 Å². The van der Waals surface area contributed by atoms with E-state index in [4.69, 9.17) is 21.1 Å². The van der Waals surface area contributed by atoms with Crippen LogP contribution in [0.5, 0.6) is 17.2 Å². The first-order chi connectivity index (χ1) is 27.5. The average molecular weight is 808 g/mol. The number of halogens is 1. The van der Waals surface area contributed by atoms with Crippen LogP contribution in [0.2, 0.25) is 5.02 Å². The van der Waals surface area contributed by atoms with E-state index in [1.807, 2.05) is 49.5 Å². The molecule has 2 aliphatic heterocycles. The summed E-state index contributed by atoms with van der Waals surface area (Å²) in [4.78, 5) is 38.3. The standard InChI is InChI=1S/C43H46ClN7O5S/c1-4-31-26-55-39-22-34(21-37(51(53)54)40(39)47-31)57-48-42(52)35-10-9-32(20-38(35)56-33-19-28-12-14-45-41(28)46-24-33)50-17-15-49(16-18-50)25-29-11-13-43(2,3)23-36(29)27-5-7-30(44)8-6-27/h5-10,12,14,19-22,24,31,47H,4,11,13,15-18,23,25-26H2,1-3H3,(H,45,46)(H,48,52)/t31-/m0/s1. The van der Waals surface area contributed by atoms with Crippen LogP contribution in [0, 0.1) is 15.5 Å². The second-order valence-electron chi connectivity index (χ2n) is 15.7. The number of amides is 1. The van der Waals surface area contributed by atoms with E-state index in [-0.39, 0.29) is 17.1 Å². The van der Waals surface area contributed by atoms with Crippen molar-refractivity contribution in [1.82, 2.24) is 19.6 Å². The van der Waals surface area contributed by atoms with Crippen molar-refractivity contribution in [2.24, 2.45) is 5.41 Å². The van der Waals surface area contributed by atoms with E-state index < -0.39 is 10.8 Å². The number of rotatable bonds is 11. The number of pyridine rings is 1. The summed E-state index contributed by atoms with van der Waals surface area (Å²) in [6, 6.07) is 20.8. The van der Waals surface area contributed by atoms with Crippen molar-refractivity contribution in [2.45, 2.75) is 57.4 Å². The number of allylic oxidation sites excluding steroid dienone is 1. The van der Waals surface area contributed by atoms with Gasteiger partial charge in [-0.2, -0.15) is 0 Å². The molecule has 4 heterocycles. The van der Waals surface area contributed by atoms with Gasteiger partial charge in [0.2, 0.25) is 0 Å². The molecule has 1 aliphatic carbocycles. The maximum absolute atomic E-state index is 13.9. The van der Waals surface area contributed by atoms with Crippen LogP contribution in [0.25, 0.3) is 16.6 Å². The minimum atomic E-state index is -0.439. The van der Waals surface area contributed by atoms with Crippen LogP contribution in [0.3, 0.4) is 0 Å². The topological polar surface area (TPSA) is 138 Å². The molecule has 0 spiro atoms. The Labute approximate surface area is 341 Å². The van der Waals surface area contributed by atoms with E-state index in [0.717, 1.165) is 85.7 Å². The zero-order valence-electron chi connectivity index (χ0n) is 32.3. The Kier molecular flexibility index (Phi) is 11.1. The van der Waals surface area contributed by atoms with E-state index >= 15 is 0 Å². The van der Waals surface area contributed by atoms with Gasteiger partial charge in [0.05, 0.1) is 22.7 Å². The maximum Gasteiger partial charge on any atom is 0.297 e. The van der Waals surface area contributed by atoms with Gasteiger partial charge in [0.1, 0.15) is 23.8 Å². The van der Waals surface area contributed by atoms with Gasteiger partial charge in [0, 0.05) is 72.0 Å². The third kappa shape index (κ3) is 8.70. The smallest absolute Gasteiger partial charge is 0.297 e. The van der Waals surface area contributed by atoms with Gasteiger partial charge in [-0.1, -0.05) is 50.1 Å². The number of ether oxygens (including phenoxy) is 2. The number of fused-ring (bicyclic) bond motifs is 2. The van der Waals surface area contributed by atoms with E-state index in [0.29, 0.717) is 40.0 Å². The molecule has 3 N–H and O–H groups in total. The summed E-state index contributed by atoms with van der Waals surface area (Å²) >= 11 is 7.23. The molecule has 2 aromatic heterocycles. The number of benzene rings is 3. The second-order valence-corrected chi connectivity index (χ2v) is 17.0. The van der Waals surface area contributed by atoms with Crippen LogP contribution < -0.4 is 24.4 Å². The summed E-state index contributed by atoms with van der Waals surface area (Å²) < 4.78 is 15.2. The van der Waals surface area contributed by atoms with Gasteiger partial charge in [-0.05, 0) is 96.6 Å². The minimum Gasteiger partial charge on any atom is -0.489 e. The van der Waals surface area contributed by atoms with Crippen LogP contribution >= 0.6 is 23.5 Å². The van der Waals surface area contributed by atoms with Gasteiger partial charge < -0.3 is 24.7 Å². The Balaban J connectivity index is 0.999. The molecule has 3 aromatic carbocycles. The molecule has 1 atom stereocenters. The Bertz CT molecular complexity index is 2340. The molecule has 0 unspecified atom stereocenters. The van der Waals surface area contributed by atoms with Gasteiger partial charge in [-0.15, -0.1) is 0 Å². The lowest BCUT2D eigenvalue weighted by atomic mass is 9.72. The molecule has 14 heteroatoms. The molecule has 296 valence electrons. The highest BCUT2D eigenvalue weighted by atomic mass is 35.5. The molecule has 0 radical (unpaired) electrons. The molecule has 1 amide bonds. The van der Waals surface area contributed by atoms with E-state index in [1.54, 1.807) is 18.3 Å². The van der Waals surface area contributed by atoms with Crippen LogP contribution in [0.4, 0.5) is 17.1 Å². The summed E-state index contributed by atoms with van der Waals surface area (Å²) in [5, 5.41) is 16.9. The zero-order valence-corrected chi connectivity index (χ0v) is 33.8. The van der Waals surface area contributed by atoms with Gasteiger partial charge in [-0.25, -0.2) is 4.98 Å². The lowest BCUT2D eigenvalue weighted by molar-refractivity contribution is -0.384. The number of carbonyl (C=O) groups is 1. The summed E-state index contributed by atoms with van der Waals surface area (Å²) in [6.45, 7) is 11.5. The molecule has 57 heavy (non-hydrogen) atoms. The van der Waals surface area contributed by atoms with Gasteiger partial charge in [0.25, 0.3) is 11.6 Å². The maximum atomic E-state index is 13.9. The lowest BCUT2D eigenvalue weighted by Gasteiger charge is -2.39. The van der Waals surface area contributed by atoms with Crippen LogP contribution in [-0.4, -0.2) is 71.1 Å². The average Bonchev–Trinajstić information content (AvgIpc) is 3.69. The number of nitro benzene ring substituents is 1. The lowest BCUT2D eigenvalue weighted by Crippen LogP contribution is -2.47. The normalized spacial score (nSPS) is 18.1. The molecule has 5 aromatic rings. The first-order valence-electron chi connectivity index (χ1n) is 19.4. The van der Waals surface area contributed by atoms with Crippen molar-refractivity contribution in [3.05, 3.63) is 111 Å². The highest BCUT2D eigenvalue weighted by molar-refractivity contribution is 7.98. The fourth-order valence-corrected chi connectivity index (χ4v) is 8.62. The fraction of sp³-hybridized carbons (Fsp3) is 0.349. The third-order valence-electron chi connectivity index (χ3n) is 11.1. The second kappa shape index (κ2) is 16.3. The summed E-state index contributed by atoms with van der Waals surface area (Å²) in [7, 11) is 0. The van der Waals surface area contributed by atoms with Crippen molar-refractivity contribution >= 4 is 63.1 Å². The Morgan fingerprint density at radius 1 is 1.11 bits per heavy atom. The Morgan fingerprint density at radius 2 is 1.91 bits per heavy atom. The number of nitrogens with zero attached hydrogens (tertiary/aromatic N) is 4. The molecular formula is C43H46ClN7O5S. The largest absolute Gasteiger partial charge is 0.489 e. The summed E-state index contributed by atoms with van der Waals surface area (Å²) in [5.41, 5.74) is 6.74. The number of carbonyl (C=O) groups excluding carboxylic acids is 1. The highest BCUT2D eigenvalue weighted by Gasteiger charge is 2.30. The summed E-state index contributed by atoms with van der Waals surface area (Å²) in [6.07, 6.45) is 7.52. The molecule has 12 nitrogen and oxygen atoms in total. The Hall–Kier alpha value is -5.24. The molecule has 8 rings (SSSR count). The number of aromatic nitrogens is 2. The molecule has 0 bridgehead atoms. The SMILES string of the molecule is CC[C@H]1COc2cc(SNC(=O)c3ccc(N4CCN(CC5=C(c6ccc(Cl)cc6)CC(C)(C)CC5)CC4)cc3Oc3cnc4[nH]ccc4c3)cc([N+](=O)[O-])c2N1. The molecular weight excluding hydrogens is 762 g/mol. The van der Waals surface area contributed by atoms with Gasteiger partial charge in [0.15, 0.2) is 11.4 Å².